The molecule has 1 aliphatic rings. The van der Waals surface area contributed by atoms with Crippen LogP contribution in [0.15, 0.2) is 35.4 Å². The maximum absolute atomic E-state index is 4.39. The van der Waals surface area contributed by atoms with Crippen LogP contribution in [0.3, 0.4) is 0 Å². The monoisotopic (exact) mass is 220 g/mol. The first kappa shape index (κ1) is 7.75. The molecule has 12 heavy (non-hydrogen) atoms. The van der Waals surface area contributed by atoms with Crippen molar-refractivity contribution in [2.75, 3.05) is 3.93 Å². The van der Waals surface area contributed by atoms with Crippen LogP contribution in [0.25, 0.3) is 0 Å². The van der Waals surface area contributed by atoms with Gasteiger partial charge in [0.1, 0.15) is 0 Å². The minimum atomic E-state index is 0.100. The molecular weight excluding hydrogens is 211 g/mol. The van der Waals surface area contributed by atoms with Gasteiger partial charge in [0.05, 0.1) is 0 Å². The second-order valence-corrected chi connectivity index (χ2v) is 4.43. The van der Waals surface area contributed by atoms with E-state index in [1.807, 2.05) is 25.1 Å². The third kappa shape index (κ3) is 1.48. The molecule has 0 radical (unpaired) electrons. The Balaban J connectivity index is 2.29. The first-order valence-electron chi connectivity index (χ1n) is 3.80. The Labute approximate surface area is 78.3 Å². The average molecular weight is 220 g/mol. The molecule has 0 bridgehead atoms. The molecule has 0 unspecified atom stereocenters. The number of para-hydroxylation sites is 1. The molecule has 0 saturated heterocycles. The van der Waals surface area contributed by atoms with E-state index in [0.717, 1.165) is 5.71 Å². The number of hydrazone groups is 1. The van der Waals surface area contributed by atoms with Gasteiger partial charge < -0.3 is 0 Å². The average Bonchev–Trinajstić information content (AvgIpc) is 2.54. The van der Waals surface area contributed by atoms with Crippen molar-refractivity contribution >= 4 is 31.7 Å². The third-order valence-electron chi connectivity index (χ3n) is 1.59. The van der Waals surface area contributed by atoms with E-state index in [0.29, 0.717) is 0 Å². The summed E-state index contributed by atoms with van der Waals surface area (Å²) in [5, 5.41) is 4.39. The third-order valence-corrected chi connectivity index (χ3v) is 3.75. The van der Waals surface area contributed by atoms with Crippen LogP contribution in [0, 0.1) is 0 Å². The van der Waals surface area contributed by atoms with Crippen LogP contribution < -0.4 is 3.93 Å². The molecule has 0 aliphatic carbocycles. The summed E-state index contributed by atoms with van der Waals surface area (Å²) in [6, 6.07) is 10.3. The van der Waals surface area contributed by atoms with Crippen LogP contribution in [0.2, 0.25) is 0 Å². The van der Waals surface area contributed by atoms with Gasteiger partial charge in [0.2, 0.25) is 0 Å². The molecule has 1 heterocycles. The molecule has 0 aromatic heterocycles. The number of anilines is 1. The van der Waals surface area contributed by atoms with Crippen LogP contribution in [0.4, 0.5) is 5.69 Å². The number of nitrogens with zero attached hydrogens (tertiary/aromatic N) is 2. The van der Waals surface area contributed by atoms with Gasteiger partial charge in [0.25, 0.3) is 0 Å². The summed E-state index contributed by atoms with van der Waals surface area (Å²) in [4.78, 5) is 2.21. The standard InChI is InChI=1S/C9H9AsN2/c1-8-7-10-12(11-8)9-5-3-2-4-6-9/h2-7H,1H3. The van der Waals surface area contributed by atoms with Crippen LogP contribution >= 0.6 is 0 Å². The Kier molecular flexibility index (Phi) is 2.09. The molecule has 1 aromatic rings. The maximum atomic E-state index is 4.39. The van der Waals surface area contributed by atoms with Crippen molar-refractivity contribution in [1.29, 1.82) is 0 Å². The summed E-state index contributed by atoms with van der Waals surface area (Å²) >= 11 is 0.100. The summed E-state index contributed by atoms with van der Waals surface area (Å²) in [6.45, 7) is 2.04. The number of hydrogen-bond acceptors (Lipinski definition) is 2. The zero-order chi connectivity index (χ0) is 8.39. The van der Waals surface area contributed by atoms with Gasteiger partial charge in [-0.3, -0.25) is 0 Å². The van der Waals surface area contributed by atoms with Crippen LogP contribution in [-0.4, -0.2) is 26.1 Å². The van der Waals surface area contributed by atoms with E-state index in [4.69, 9.17) is 0 Å². The molecule has 2 rings (SSSR count). The first-order valence-corrected chi connectivity index (χ1v) is 5.73. The Morgan fingerprint density at radius 3 is 2.58 bits per heavy atom. The van der Waals surface area contributed by atoms with E-state index in [9.17, 15) is 0 Å². The molecule has 0 atom stereocenters. The van der Waals surface area contributed by atoms with Crippen molar-refractivity contribution in [1.82, 2.24) is 0 Å². The number of hydrogen-bond donors (Lipinski definition) is 0. The fraction of sp³-hybridized carbons (Fsp3) is 0.111. The Hall–Kier alpha value is -0.882. The van der Waals surface area contributed by atoms with Gasteiger partial charge in [-0.1, -0.05) is 0 Å². The first-order chi connectivity index (χ1) is 5.86. The SMILES string of the molecule is CC1=NN(c2ccccc2)[As]=C1. The van der Waals surface area contributed by atoms with Gasteiger partial charge in [-0.25, -0.2) is 0 Å². The van der Waals surface area contributed by atoms with E-state index in [-0.39, 0.29) is 15.5 Å². The van der Waals surface area contributed by atoms with Crippen LogP contribution in [-0.2, 0) is 0 Å². The van der Waals surface area contributed by atoms with Crippen molar-refractivity contribution in [2.24, 2.45) is 5.10 Å². The molecule has 1 aromatic carbocycles. The molecule has 0 saturated carbocycles. The van der Waals surface area contributed by atoms with Gasteiger partial charge in [0.15, 0.2) is 0 Å². The quantitative estimate of drug-likeness (QED) is 0.651. The number of benzene rings is 1. The van der Waals surface area contributed by atoms with Crippen LogP contribution in [0.1, 0.15) is 6.92 Å². The number of rotatable bonds is 1. The molecule has 0 spiro atoms. The Morgan fingerprint density at radius 2 is 2.00 bits per heavy atom. The summed E-state index contributed by atoms with van der Waals surface area (Å²) in [5.41, 5.74) is 2.34. The molecule has 0 N–H and O–H groups in total. The van der Waals surface area contributed by atoms with Crippen molar-refractivity contribution < 1.29 is 0 Å². The molecule has 3 heteroatoms. The van der Waals surface area contributed by atoms with Crippen LogP contribution in [0.5, 0.6) is 0 Å². The van der Waals surface area contributed by atoms with Crippen molar-refractivity contribution in [3.8, 4) is 0 Å². The molecule has 1 aliphatic heterocycles. The van der Waals surface area contributed by atoms with Gasteiger partial charge in [-0.05, 0) is 0 Å². The summed E-state index contributed by atoms with van der Waals surface area (Å²) in [5.74, 6) is 0. The predicted octanol–water partition coefficient (Wildman–Crippen LogP) is 1.30. The summed E-state index contributed by atoms with van der Waals surface area (Å²) in [7, 11) is 0. The molecule has 0 fully saturated rings. The van der Waals surface area contributed by atoms with Crippen molar-refractivity contribution in [2.45, 2.75) is 6.92 Å². The van der Waals surface area contributed by atoms with E-state index >= 15 is 0 Å². The van der Waals surface area contributed by atoms with Gasteiger partial charge in [0, 0.05) is 0 Å². The van der Waals surface area contributed by atoms with Crippen molar-refractivity contribution in [3.05, 3.63) is 30.3 Å². The molecule has 2 nitrogen and oxygen atoms in total. The molecular formula is C9H9AsN2. The van der Waals surface area contributed by atoms with Gasteiger partial charge in [-0.2, -0.15) is 0 Å². The van der Waals surface area contributed by atoms with Gasteiger partial charge >= 0.3 is 78.0 Å². The fourth-order valence-corrected chi connectivity index (χ4v) is 2.68. The fourth-order valence-electron chi connectivity index (χ4n) is 1.03. The summed E-state index contributed by atoms with van der Waals surface area (Å²) < 4.78 is 2.09. The topological polar surface area (TPSA) is 15.6 Å². The molecule has 0 amide bonds. The van der Waals surface area contributed by atoms with Gasteiger partial charge in [-0.15, -0.1) is 0 Å². The van der Waals surface area contributed by atoms with E-state index < -0.39 is 0 Å². The second-order valence-electron chi connectivity index (χ2n) is 2.61. The summed E-state index contributed by atoms with van der Waals surface area (Å²) in [6.07, 6.45) is 0. The zero-order valence-electron chi connectivity index (χ0n) is 6.81. The Morgan fingerprint density at radius 1 is 1.25 bits per heavy atom. The normalized spacial score (nSPS) is 16.4. The van der Waals surface area contributed by atoms with E-state index in [2.05, 4.69) is 26.0 Å². The minimum absolute atomic E-state index is 0.100. The predicted molar refractivity (Wildman–Crippen MR) is 53.8 cm³/mol. The molecule has 60 valence electrons. The Bertz CT molecular complexity index is 330. The van der Waals surface area contributed by atoms with E-state index in [1.165, 1.54) is 5.69 Å². The van der Waals surface area contributed by atoms with Crippen molar-refractivity contribution in [3.63, 3.8) is 0 Å². The zero-order valence-corrected chi connectivity index (χ0v) is 8.68. The second kappa shape index (κ2) is 3.24. The van der Waals surface area contributed by atoms with E-state index in [1.54, 1.807) is 0 Å².